The van der Waals surface area contributed by atoms with Crippen molar-refractivity contribution < 1.29 is 9.18 Å². The highest BCUT2D eigenvalue weighted by atomic mass is 19.1. The van der Waals surface area contributed by atoms with Crippen LogP contribution in [0.1, 0.15) is 23.7 Å². The highest BCUT2D eigenvalue weighted by molar-refractivity contribution is 5.97. The summed E-state index contributed by atoms with van der Waals surface area (Å²) in [7, 11) is 0. The molecule has 0 amide bonds. The number of hydrogen-bond donors (Lipinski definition) is 0. The van der Waals surface area contributed by atoms with E-state index in [-0.39, 0.29) is 17.8 Å². The zero-order valence-corrected chi connectivity index (χ0v) is 7.17. The number of carbonyl (C=O) groups is 1. The van der Waals surface area contributed by atoms with E-state index < -0.39 is 5.82 Å². The van der Waals surface area contributed by atoms with Gasteiger partial charge in [-0.15, -0.1) is 5.92 Å². The van der Waals surface area contributed by atoms with Crippen molar-refractivity contribution in [1.82, 2.24) is 4.98 Å². The van der Waals surface area contributed by atoms with E-state index in [0.717, 1.165) is 6.20 Å². The Morgan fingerprint density at radius 2 is 2.46 bits per heavy atom. The molecule has 66 valence electrons. The lowest BCUT2D eigenvalue weighted by Gasteiger charge is -1.96. The van der Waals surface area contributed by atoms with Crippen molar-refractivity contribution in [3.63, 3.8) is 0 Å². The lowest BCUT2D eigenvalue weighted by Crippen LogP contribution is -2.01. The van der Waals surface area contributed by atoms with Crippen molar-refractivity contribution in [2.45, 2.75) is 13.3 Å². The van der Waals surface area contributed by atoms with Crippen LogP contribution < -0.4 is 0 Å². The first kappa shape index (κ1) is 9.40. The Kier molecular flexibility index (Phi) is 3.15. The first-order chi connectivity index (χ1) is 6.25. The monoisotopic (exact) mass is 177 g/mol. The van der Waals surface area contributed by atoms with Gasteiger partial charge < -0.3 is 0 Å². The van der Waals surface area contributed by atoms with Gasteiger partial charge in [0.2, 0.25) is 0 Å². The van der Waals surface area contributed by atoms with Crippen molar-refractivity contribution in [3.05, 3.63) is 29.8 Å². The number of nitrogens with zero attached hydrogens (tertiary/aromatic N) is 1. The molecule has 0 aliphatic heterocycles. The van der Waals surface area contributed by atoms with Crippen molar-refractivity contribution >= 4 is 5.78 Å². The molecule has 1 aromatic rings. The fourth-order valence-corrected chi connectivity index (χ4v) is 0.865. The molecule has 0 aliphatic carbocycles. The lowest BCUT2D eigenvalue weighted by atomic mass is 10.1. The first-order valence-corrected chi connectivity index (χ1v) is 3.78. The predicted molar refractivity (Wildman–Crippen MR) is 46.6 cm³/mol. The number of hydrogen-bond acceptors (Lipinski definition) is 2. The van der Waals surface area contributed by atoms with Crippen LogP contribution in [0.3, 0.4) is 0 Å². The van der Waals surface area contributed by atoms with Crippen LogP contribution >= 0.6 is 0 Å². The second-order valence-corrected chi connectivity index (χ2v) is 2.38. The van der Waals surface area contributed by atoms with E-state index in [9.17, 15) is 9.18 Å². The molecule has 13 heavy (non-hydrogen) atoms. The molecule has 0 unspecified atom stereocenters. The maximum atomic E-state index is 12.9. The third-order valence-electron chi connectivity index (χ3n) is 1.50. The Labute approximate surface area is 75.8 Å². The quantitative estimate of drug-likeness (QED) is 0.509. The Morgan fingerprint density at radius 3 is 3.08 bits per heavy atom. The van der Waals surface area contributed by atoms with Gasteiger partial charge in [0, 0.05) is 6.20 Å². The second kappa shape index (κ2) is 4.36. The van der Waals surface area contributed by atoms with E-state index in [1.807, 2.05) is 0 Å². The zero-order chi connectivity index (χ0) is 9.68. The van der Waals surface area contributed by atoms with Crippen LogP contribution in [-0.2, 0) is 0 Å². The summed E-state index contributed by atoms with van der Waals surface area (Å²) in [6.07, 6.45) is 2.46. The van der Waals surface area contributed by atoms with Crippen LogP contribution in [0.15, 0.2) is 18.5 Å². The van der Waals surface area contributed by atoms with Gasteiger partial charge in [-0.25, -0.2) is 4.39 Å². The van der Waals surface area contributed by atoms with Gasteiger partial charge in [0.15, 0.2) is 11.6 Å². The van der Waals surface area contributed by atoms with Gasteiger partial charge in [-0.05, 0) is 13.0 Å². The number of Topliss-reactive ketones (excluding diaryl/α,β-unsaturated/α-hetero) is 1. The van der Waals surface area contributed by atoms with E-state index in [1.54, 1.807) is 6.92 Å². The van der Waals surface area contributed by atoms with Crippen LogP contribution in [0.2, 0.25) is 0 Å². The molecule has 0 saturated heterocycles. The van der Waals surface area contributed by atoms with E-state index in [4.69, 9.17) is 0 Å². The van der Waals surface area contributed by atoms with Gasteiger partial charge in [0.1, 0.15) is 0 Å². The third-order valence-corrected chi connectivity index (χ3v) is 1.50. The van der Waals surface area contributed by atoms with E-state index in [1.165, 1.54) is 12.3 Å². The van der Waals surface area contributed by atoms with Crippen LogP contribution in [0.25, 0.3) is 0 Å². The summed E-state index contributed by atoms with van der Waals surface area (Å²) in [4.78, 5) is 14.8. The SMILES string of the molecule is CC#CCC(=O)c1ccncc1F. The lowest BCUT2D eigenvalue weighted by molar-refractivity contribution is 0.0994. The summed E-state index contributed by atoms with van der Waals surface area (Å²) in [5.74, 6) is 4.26. The molecule has 0 aromatic carbocycles. The Balaban J connectivity index is 2.87. The number of carbonyl (C=O) groups excluding carboxylic acids is 1. The molecule has 3 heteroatoms. The first-order valence-electron chi connectivity index (χ1n) is 3.78. The zero-order valence-electron chi connectivity index (χ0n) is 7.17. The molecule has 0 fully saturated rings. The average Bonchev–Trinajstić information content (AvgIpc) is 2.15. The molecule has 0 aliphatic rings. The smallest absolute Gasteiger partial charge is 0.177 e. The molecule has 0 saturated carbocycles. The van der Waals surface area contributed by atoms with E-state index >= 15 is 0 Å². The normalized spacial score (nSPS) is 8.77. The summed E-state index contributed by atoms with van der Waals surface area (Å²) >= 11 is 0. The summed E-state index contributed by atoms with van der Waals surface area (Å²) in [5.41, 5.74) is 0.0535. The molecule has 0 spiro atoms. The summed E-state index contributed by atoms with van der Waals surface area (Å²) in [6, 6.07) is 1.36. The molecule has 1 rings (SSSR count). The molecule has 0 atom stereocenters. The average molecular weight is 177 g/mol. The molecule has 1 aromatic heterocycles. The maximum absolute atomic E-state index is 12.9. The van der Waals surface area contributed by atoms with Crippen LogP contribution in [-0.4, -0.2) is 10.8 Å². The van der Waals surface area contributed by atoms with Gasteiger partial charge in [0.05, 0.1) is 18.2 Å². The van der Waals surface area contributed by atoms with Crippen molar-refractivity contribution in [3.8, 4) is 11.8 Å². The van der Waals surface area contributed by atoms with Gasteiger partial charge >= 0.3 is 0 Å². The number of aromatic nitrogens is 1. The van der Waals surface area contributed by atoms with Gasteiger partial charge in [-0.2, -0.15) is 0 Å². The minimum Gasteiger partial charge on any atom is -0.293 e. The Morgan fingerprint density at radius 1 is 1.69 bits per heavy atom. The molecule has 0 N–H and O–H groups in total. The van der Waals surface area contributed by atoms with Crippen molar-refractivity contribution in [2.75, 3.05) is 0 Å². The molecule has 1 heterocycles. The van der Waals surface area contributed by atoms with Crippen LogP contribution in [0.5, 0.6) is 0 Å². The van der Waals surface area contributed by atoms with Crippen molar-refractivity contribution in [1.29, 1.82) is 0 Å². The molecule has 0 radical (unpaired) electrons. The fraction of sp³-hybridized carbons (Fsp3) is 0.200. The molecular weight excluding hydrogens is 169 g/mol. The van der Waals surface area contributed by atoms with E-state index in [0.29, 0.717) is 0 Å². The Hall–Kier alpha value is -1.69. The standard InChI is InChI=1S/C10H8FNO/c1-2-3-4-10(13)8-5-6-12-7-9(8)11/h5-7H,4H2,1H3. The van der Waals surface area contributed by atoms with Gasteiger partial charge in [0.25, 0.3) is 0 Å². The van der Waals surface area contributed by atoms with Crippen molar-refractivity contribution in [2.24, 2.45) is 0 Å². The highest BCUT2D eigenvalue weighted by Crippen LogP contribution is 2.06. The topological polar surface area (TPSA) is 30.0 Å². The van der Waals surface area contributed by atoms with Gasteiger partial charge in [-0.3, -0.25) is 9.78 Å². The fourth-order valence-electron chi connectivity index (χ4n) is 0.865. The second-order valence-electron chi connectivity index (χ2n) is 2.38. The van der Waals surface area contributed by atoms with Gasteiger partial charge in [-0.1, -0.05) is 5.92 Å². The maximum Gasteiger partial charge on any atom is 0.177 e. The predicted octanol–water partition coefficient (Wildman–Crippen LogP) is 1.82. The summed E-state index contributed by atoms with van der Waals surface area (Å²) in [6.45, 7) is 1.64. The number of rotatable bonds is 2. The third kappa shape index (κ3) is 2.38. The summed E-state index contributed by atoms with van der Waals surface area (Å²) < 4.78 is 12.9. The largest absolute Gasteiger partial charge is 0.293 e. The van der Waals surface area contributed by atoms with Crippen LogP contribution in [0.4, 0.5) is 4.39 Å². The number of halogens is 1. The number of ketones is 1. The highest BCUT2D eigenvalue weighted by Gasteiger charge is 2.08. The van der Waals surface area contributed by atoms with E-state index in [2.05, 4.69) is 16.8 Å². The molecular formula is C10H8FNO. The minimum absolute atomic E-state index is 0.0530. The Bertz CT molecular complexity index is 376. The molecule has 0 bridgehead atoms. The minimum atomic E-state index is -0.592. The summed E-state index contributed by atoms with van der Waals surface area (Å²) in [5, 5.41) is 0. The number of pyridine rings is 1. The molecule has 2 nitrogen and oxygen atoms in total. The van der Waals surface area contributed by atoms with Crippen LogP contribution in [0, 0.1) is 17.7 Å².